The molecule has 0 unspecified atom stereocenters. The van der Waals surface area contributed by atoms with Crippen LogP contribution in [0.4, 0.5) is 0 Å². The first-order chi connectivity index (χ1) is 8.15. The third kappa shape index (κ3) is 11.8. The van der Waals surface area contributed by atoms with Gasteiger partial charge in [-0.1, -0.05) is 13.8 Å². The molecule has 2 amide bonds. The van der Waals surface area contributed by atoms with E-state index < -0.39 is 0 Å². The fourth-order valence-electron chi connectivity index (χ4n) is 0.970. The van der Waals surface area contributed by atoms with Gasteiger partial charge in [-0.2, -0.15) is 0 Å². The zero-order valence-corrected chi connectivity index (χ0v) is 17.4. The summed E-state index contributed by atoms with van der Waals surface area (Å²) in [5, 5.41) is 6.16. The van der Waals surface area contributed by atoms with Crippen molar-refractivity contribution in [3.05, 3.63) is 0 Å². The van der Waals surface area contributed by atoms with Crippen molar-refractivity contribution in [1.82, 2.24) is 15.5 Å². The molecule has 5 nitrogen and oxygen atoms in total. The standard InChI is InChI=1S/C8H17N3O2Se.C2H6.Ba/c1-9-3-4-11(8(13)6-14)5-7(12)10-2;1-2;/h9,14H,3-6H2,1-2H3,(H,10,12);1-2H3;/q;;+1/p-1. The molecule has 97 valence electrons. The molecule has 0 aromatic carbocycles. The van der Waals surface area contributed by atoms with Crippen LogP contribution in [0.2, 0.25) is 5.32 Å². The molecule has 1 radical (unpaired) electrons. The molecule has 0 fully saturated rings. The molecule has 0 aliphatic rings. The number of likely N-dealkylation sites (N-methyl/N-ethyl adjacent to an activating group) is 2. The molecule has 0 aromatic heterocycles. The molecule has 17 heavy (non-hydrogen) atoms. The average molecular weight is 433 g/mol. The van der Waals surface area contributed by atoms with Crippen molar-refractivity contribution in [2.45, 2.75) is 19.2 Å². The minimum absolute atomic E-state index is 0.106. The summed E-state index contributed by atoms with van der Waals surface area (Å²) >= 11 is 0.715. The fraction of sp³-hybridized carbons (Fsp3) is 0.800. The van der Waals surface area contributed by atoms with Crippen LogP contribution in [0.25, 0.3) is 0 Å². The third-order valence-electron chi connectivity index (χ3n) is 1.82. The summed E-state index contributed by atoms with van der Waals surface area (Å²) in [7, 11) is 3.42. The second-order valence-corrected chi connectivity index (χ2v) is 11.1. The molecule has 0 aliphatic heterocycles. The Morgan fingerprint density at radius 2 is 1.88 bits per heavy atom. The van der Waals surface area contributed by atoms with Gasteiger partial charge in [0.15, 0.2) is 0 Å². The van der Waals surface area contributed by atoms with E-state index in [1.807, 2.05) is 20.9 Å². The molecule has 7 heteroatoms. The summed E-state index contributed by atoms with van der Waals surface area (Å²) in [4.78, 5) is 24.5. The second kappa shape index (κ2) is 15.0. The summed E-state index contributed by atoms with van der Waals surface area (Å²) in [6.07, 6.45) is 0.512. The van der Waals surface area contributed by atoms with Gasteiger partial charge in [0.2, 0.25) is 0 Å². The van der Waals surface area contributed by atoms with Crippen molar-refractivity contribution < 1.29 is 9.59 Å². The molecule has 0 atom stereocenters. The van der Waals surface area contributed by atoms with Crippen LogP contribution in [-0.4, -0.2) is 99.7 Å². The summed E-state index contributed by atoms with van der Waals surface area (Å²) in [6.45, 7) is 5.51. The van der Waals surface area contributed by atoms with Gasteiger partial charge >= 0.3 is 125 Å². The molecule has 0 rings (SSSR count). The molecule has 2 N–H and O–H groups in total. The van der Waals surface area contributed by atoms with Crippen LogP contribution in [0.15, 0.2) is 0 Å². The van der Waals surface area contributed by atoms with E-state index in [0.29, 0.717) is 61.1 Å². The van der Waals surface area contributed by atoms with E-state index in [0.717, 1.165) is 6.54 Å². The molecule has 0 heterocycles. The molecule has 0 saturated heterocycles. The topological polar surface area (TPSA) is 61.4 Å². The van der Waals surface area contributed by atoms with Crippen molar-refractivity contribution >= 4 is 61.1 Å². The Bertz CT molecular complexity index is 218. The third-order valence-corrected chi connectivity index (χ3v) is 6.10. The quantitative estimate of drug-likeness (QED) is 0.508. The monoisotopic (exact) mass is 434 g/mol. The molecule has 0 saturated carbocycles. The van der Waals surface area contributed by atoms with Crippen LogP contribution in [0.3, 0.4) is 0 Å². The van der Waals surface area contributed by atoms with E-state index in [2.05, 4.69) is 10.6 Å². The van der Waals surface area contributed by atoms with Gasteiger partial charge in [0, 0.05) is 0 Å². The number of amides is 2. The Kier molecular flexibility index (Phi) is 18.0. The van der Waals surface area contributed by atoms with E-state index in [-0.39, 0.29) is 18.4 Å². The van der Waals surface area contributed by atoms with E-state index in [1.165, 1.54) is 0 Å². The van der Waals surface area contributed by atoms with Gasteiger partial charge in [-0.05, 0) is 0 Å². The number of carbonyl (C=O) groups is 2. The van der Waals surface area contributed by atoms with Crippen LogP contribution in [-0.2, 0) is 9.59 Å². The predicted molar refractivity (Wildman–Crippen MR) is 72.2 cm³/mol. The van der Waals surface area contributed by atoms with E-state index >= 15 is 0 Å². The number of nitrogens with one attached hydrogen (secondary N) is 2. The van der Waals surface area contributed by atoms with Gasteiger partial charge < -0.3 is 0 Å². The average Bonchev–Trinajstić information content (AvgIpc) is 2.36. The Hall–Kier alpha value is 0.991. The Labute approximate surface area is 137 Å². The fourth-order valence-corrected chi connectivity index (χ4v) is 4.57. The number of hydrogen-bond acceptors (Lipinski definition) is 3. The Morgan fingerprint density at radius 1 is 1.29 bits per heavy atom. The van der Waals surface area contributed by atoms with E-state index in [9.17, 15) is 9.59 Å². The van der Waals surface area contributed by atoms with Gasteiger partial charge in [-0.3, -0.25) is 0 Å². The number of rotatable bonds is 7. The van der Waals surface area contributed by atoms with E-state index in [4.69, 9.17) is 0 Å². The molecule has 0 bridgehead atoms. The van der Waals surface area contributed by atoms with Crippen LogP contribution < -0.4 is 10.6 Å². The predicted octanol–water partition coefficient (Wildman–Crippen LogP) is -0.987. The van der Waals surface area contributed by atoms with Gasteiger partial charge in [0.25, 0.3) is 0 Å². The van der Waals surface area contributed by atoms with Crippen LogP contribution >= 0.6 is 0 Å². The van der Waals surface area contributed by atoms with Gasteiger partial charge in [-0.15, -0.1) is 0 Å². The first-order valence-electron chi connectivity index (χ1n) is 5.65. The Balaban J connectivity index is 0. The van der Waals surface area contributed by atoms with Gasteiger partial charge in [-0.25, -0.2) is 0 Å². The Morgan fingerprint density at radius 3 is 2.29 bits per heavy atom. The molecule has 0 aliphatic carbocycles. The molecule has 0 aromatic rings. The first kappa shape index (κ1) is 20.3. The first-order valence-corrected chi connectivity index (χ1v) is 17.5. The van der Waals surface area contributed by atoms with Crippen LogP contribution in [0.1, 0.15) is 13.8 Å². The second-order valence-electron chi connectivity index (χ2n) is 2.94. The van der Waals surface area contributed by atoms with Crippen LogP contribution in [0.5, 0.6) is 0 Å². The zero-order valence-electron chi connectivity index (χ0n) is 11.2. The summed E-state index contributed by atoms with van der Waals surface area (Å²) in [5.74, 6) is 0.00838. The normalized spacial score (nSPS) is 8.88. The summed E-state index contributed by atoms with van der Waals surface area (Å²) < 4.78 is 0. The van der Waals surface area contributed by atoms with Crippen molar-refractivity contribution in [3.8, 4) is 0 Å². The van der Waals surface area contributed by atoms with Gasteiger partial charge in [0.05, 0.1) is 0 Å². The van der Waals surface area contributed by atoms with Crippen molar-refractivity contribution in [2.24, 2.45) is 0 Å². The van der Waals surface area contributed by atoms with Gasteiger partial charge in [0.1, 0.15) is 0 Å². The van der Waals surface area contributed by atoms with Crippen molar-refractivity contribution in [1.29, 1.82) is 0 Å². The summed E-state index contributed by atoms with van der Waals surface area (Å²) in [5.41, 5.74) is 0. The number of carbonyl (C=O) groups excluding carboxylic acids is 2. The minimum atomic E-state index is -0.106. The molecule has 0 spiro atoms. The maximum absolute atomic E-state index is 11.7. The van der Waals surface area contributed by atoms with Crippen molar-refractivity contribution in [2.75, 3.05) is 33.7 Å². The zero-order chi connectivity index (χ0) is 13.7. The number of hydrogen-bond donors (Lipinski definition) is 2. The number of nitrogens with zero attached hydrogens (tertiary/aromatic N) is 1. The molecular formula is C10H22BaN3O2Se. The van der Waals surface area contributed by atoms with Crippen LogP contribution in [0, 0.1) is 0 Å². The molecular weight excluding hydrogens is 410 g/mol. The van der Waals surface area contributed by atoms with Crippen molar-refractivity contribution in [3.63, 3.8) is 0 Å². The van der Waals surface area contributed by atoms with E-state index in [1.54, 1.807) is 11.9 Å². The SMILES string of the molecule is CC.CNCCN(CC(=O)NC)C(=O)C[Se][Ba]. The summed E-state index contributed by atoms with van der Waals surface area (Å²) in [6, 6.07) is 0. The maximum atomic E-state index is 11.7.